The second-order valence-corrected chi connectivity index (χ2v) is 8.75. The maximum Gasteiger partial charge on any atom is 0.191 e. The Labute approximate surface area is 233 Å². The van der Waals surface area contributed by atoms with Crippen molar-refractivity contribution in [1.82, 2.24) is 25.0 Å². The fourth-order valence-electron chi connectivity index (χ4n) is 3.33. The summed E-state index contributed by atoms with van der Waals surface area (Å²) >= 11 is 0.977. The highest BCUT2D eigenvalue weighted by atomic mass is 32.2. The van der Waals surface area contributed by atoms with Gasteiger partial charge >= 0.3 is 0 Å². The van der Waals surface area contributed by atoms with Crippen molar-refractivity contribution >= 4 is 28.7 Å². The molecule has 6 atom stereocenters. The largest absolute Gasteiger partial charge is 0.394 e. The molecular formula is C24H31FN6O4S. The van der Waals surface area contributed by atoms with Crippen molar-refractivity contribution < 1.29 is 45.0 Å². The summed E-state index contributed by atoms with van der Waals surface area (Å²) in [6.45, 7) is -5.08. The van der Waals surface area contributed by atoms with Gasteiger partial charge in [-0.25, -0.2) is 19.0 Å². The van der Waals surface area contributed by atoms with Crippen LogP contribution in [0.25, 0.3) is 11.2 Å². The van der Waals surface area contributed by atoms with E-state index in [2.05, 4.69) is 30.3 Å². The van der Waals surface area contributed by atoms with Gasteiger partial charge in [-0.1, -0.05) is 36.0 Å². The fraction of sp³-hybridized carbons (Fsp3) is 0.583. The van der Waals surface area contributed by atoms with Crippen LogP contribution >= 0.6 is 11.8 Å². The molecule has 3 aromatic rings. The lowest BCUT2D eigenvalue weighted by Gasteiger charge is -2.17. The van der Waals surface area contributed by atoms with E-state index in [0.29, 0.717) is 12.2 Å². The maximum absolute atomic E-state index is 14.8. The molecule has 2 saturated carbocycles. The predicted molar refractivity (Wildman–Crippen MR) is 133 cm³/mol. The molecule has 0 aliphatic heterocycles. The zero-order valence-electron chi connectivity index (χ0n) is 33.8. The van der Waals surface area contributed by atoms with E-state index in [1.54, 1.807) is 6.92 Å². The molecule has 0 radical (unpaired) electrons. The van der Waals surface area contributed by atoms with E-state index in [4.69, 9.17) is 20.6 Å². The van der Waals surface area contributed by atoms with Crippen molar-refractivity contribution in [3.63, 3.8) is 0 Å². The zero-order valence-corrected chi connectivity index (χ0v) is 19.7. The Balaban J connectivity index is 1.69. The lowest BCUT2D eigenvalue weighted by atomic mass is 10.1. The van der Waals surface area contributed by atoms with Gasteiger partial charge in [0.15, 0.2) is 22.1 Å². The first-order chi connectivity index (χ1) is 23.0. The zero-order chi connectivity index (χ0) is 38.9. The number of thioether (sulfide) groups is 1. The summed E-state index contributed by atoms with van der Waals surface area (Å²) in [4.78, 5) is 8.48. The topological polar surface area (TPSA) is 138 Å². The molecule has 0 bridgehead atoms. The van der Waals surface area contributed by atoms with Crippen LogP contribution < -0.4 is 5.32 Å². The number of aliphatic hydroxyl groups is 3. The Kier molecular flexibility index (Phi) is 3.78. The Morgan fingerprint density at radius 3 is 2.97 bits per heavy atom. The highest BCUT2D eigenvalue weighted by Crippen LogP contribution is 2.44. The molecule has 0 saturated heterocycles. The van der Waals surface area contributed by atoms with Gasteiger partial charge in [-0.2, -0.15) is 0 Å². The molecule has 5 rings (SSSR count). The lowest BCUT2D eigenvalue weighted by molar-refractivity contribution is -0.0629. The Bertz CT molecular complexity index is 1890. The Morgan fingerprint density at radius 1 is 1.36 bits per heavy atom. The summed E-state index contributed by atoms with van der Waals surface area (Å²) < 4.78 is 143. The van der Waals surface area contributed by atoms with Gasteiger partial charge in [0.2, 0.25) is 0 Å². The number of rotatable bonds is 10. The van der Waals surface area contributed by atoms with Crippen molar-refractivity contribution in [2.24, 2.45) is 0 Å². The van der Waals surface area contributed by atoms with E-state index in [0.717, 1.165) is 11.8 Å². The van der Waals surface area contributed by atoms with Crippen molar-refractivity contribution in [3.8, 4) is 0 Å². The van der Waals surface area contributed by atoms with Crippen molar-refractivity contribution in [1.29, 1.82) is 0 Å². The summed E-state index contributed by atoms with van der Waals surface area (Å²) in [5.41, 5.74) is -1.88. The van der Waals surface area contributed by atoms with Gasteiger partial charge in [0.05, 0.1) is 40.3 Å². The van der Waals surface area contributed by atoms with Gasteiger partial charge < -0.3 is 25.4 Å². The third-order valence-corrected chi connectivity index (χ3v) is 6.22. The van der Waals surface area contributed by atoms with Crippen LogP contribution in [0.2, 0.25) is 0 Å². The summed E-state index contributed by atoms with van der Waals surface area (Å²) in [5.74, 6) is -2.51. The number of halogens is 1. The van der Waals surface area contributed by atoms with Gasteiger partial charge in [-0.05, 0) is 36.9 Å². The number of nitrogens with one attached hydrogen (secondary N) is 1. The summed E-state index contributed by atoms with van der Waals surface area (Å²) in [6, 6.07) is -7.19. The number of nitrogens with zero attached hydrogens (tertiary/aromatic N) is 5. The van der Waals surface area contributed by atoms with E-state index >= 15 is 0 Å². The van der Waals surface area contributed by atoms with E-state index < -0.39 is 103 Å². The Morgan fingerprint density at radius 2 is 2.19 bits per heavy atom. The van der Waals surface area contributed by atoms with E-state index in [-0.39, 0.29) is 21.2 Å². The fourth-order valence-corrected chi connectivity index (χ4v) is 4.02. The van der Waals surface area contributed by atoms with Crippen LogP contribution in [-0.2, 0) is 4.74 Å². The highest BCUT2D eigenvalue weighted by Gasteiger charge is 2.45. The molecule has 0 unspecified atom stereocenters. The minimum Gasteiger partial charge on any atom is -0.394 e. The molecule has 2 aliphatic carbocycles. The minimum atomic E-state index is -4.34. The second kappa shape index (κ2) is 10.5. The molecule has 10 nitrogen and oxygen atoms in total. The predicted octanol–water partition coefficient (Wildman–Crippen LogP) is 2.18. The quantitative estimate of drug-likeness (QED) is 0.227. The highest BCUT2D eigenvalue weighted by molar-refractivity contribution is 7.99. The smallest absolute Gasteiger partial charge is 0.191 e. The Hall–Kier alpha value is -2.38. The van der Waals surface area contributed by atoms with Crippen LogP contribution in [0.4, 0.5) is 10.2 Å². The average molecular weight is 534 g/mol. The number of anilines is 1. The first kappa shape index (κ1) is 12.9. The van der Waals surface area contributed by atoms with E-state index in [1.165, 1.54) is 6.92 Å². The van der Waals surface area contributed by atoms with Crippen LogP contribution in [0.5, 0.6) is 0 Å². The third-order valence-electron chi connectivity index (χ3n) is 5.17. The second-order valence-electron chi connectivity index (χ2n) is 7.69. The van der Waals surface area contributed by atoms with E-state index in [1.807, 2.05) is 0 Å². The first-order valence-electron chi connectivity index (χ1n) is 18.2. The molecular weight excluding hydrogens is 487 g/mol. The normalized spacial score (nSPS) is 45.4. The number of benzene rings is 1. The number of hydrogen-bond acceptors (Lipinski definition) is 10. The number of ether oxygens (including phenoxy) is 1. The average Bonchev–Trinajstić information content (AvgIpc) is 3.29. The van der Waals surface area contributed by atoms with Crippen molar-refractivity contribution in [2.75, 3.05) is 24.2 Å². The van der Waals surface area contributed by atoms with Gasteiger partial charge in [-0.15, -0.1) is 5.10 Å². The van der Waals surface area contributed by atoms with Crippen molar-refractivity contribution in [2.45, 2.75) is 74.4 Å². The molecule has 12 heteroatoms. The molecule has 194 valence electrons. The third kappa shape index (κ3) is 4.92. The van der Waals surface area contributed by atoms with Gasteiger partial charge in [0.1, 0.15) is 18.0 Å². The summed E-state index contributed by atoms with van der Waals surface area (Å²) in [5, 5.41) is 41.9. The van der Waals surface area contributed by atoms with Gasteiger partial charge in [0.25, 0.3) is 0 Å². The standard InChI is InChI=1S/C24H31FN6O4S/c1-3-8-36-24-27-22(26-16-10-14(16)13-5-4-12(2)15(25)9-13)19-23(28-24)31(30-29-19)17-11-18(35-7-6-32)21(34)20(17)33/h4-5,9,14,16-18,20-21,32-34H,3,6-8,10-11H2,1-2H3,(H,26,27,28)/t14-,16+,17+,18-,20-,21+/m0/s1/i4D,5D,6D2,7D2,9D,10D2,11D2,17D,18D,20D,21D. The molecule has 0 amide bonds. The molecule has 36 heavy (non-hydrogen) atoms. The molecule has 4 N–H and O–H groups in total. The number of hydrogen-bond donors (Lipinski definition) is 4. The molecule has 2 fully saturated rings. The van der Waals surface area contributed by atoms with E-state index in [9.17, 15) is 19.7 Å². The first-order valence-corrected chi connectivity index (χ1v) is 11.7. The number of fused-ring (bicyclic) bond motifs is 1. The molecule has 2 heterocycles. The van der Waals surface area contributed by atoms with Crippen LogP contribution in [0.1, 0.15) is 69.7 Å². The SMILES string of the molecule is [2H]c1c([2H])c([C@H]2[C@H](Nc3nc(SCCC)nc4c3nnn4[C@]3([2H])C([2H])([2H])[C@]([2H])(OC([2H])([2H])C([2H])([2H])O)[C@@]([2H])(O)[C@@]3([2H])O)C2([2H])[2H])c([2H])c(F)c1C. The van der Waals surface area contributed by atoms with Crippen LogP contribution in [0, 0.1) is 12.7 Å². The van der Waals surface area contributed by atoms with Crippen LogP contribution in [0.15, 0.2) is 23.3 Å². The molecule has 0 spiro atoms. The lowest BCUT2D eigenvalue weighted by Crippen LogP contribution is -2.33. The van der Waals surface area contributed by atoms with Crippen LogP contribution in [0.3, 0.4) is 0 Å². The number of aromatic nitrogens is 5. The summed E-state index contributed by atoms with van der Waals surface area (Å²) in [7, 11) is 0. The van der Waals surface area contributed by atoms with Crippen molar-refractivity contribution in [3.05, 3.63) is 35.1 Å². The monoisotopic (exact) mass is 533 g/mol. The van der Waals surface area contributed by atoms with Gasteiger partial charge in [-0.3, -0.25) is 0 Å². The van der Waals surface area contributed by atoms with Crippen LogP contribution in [-0.4, -0.2) is 83.4 Å². The summed E-state index contributed by atoms with van der Waals surface area (Å²) in [6.07, 6.45) is -18.7. The van der Waals surface area contributed by atoms with Gasteiger partial charge in [0, 0.05) is 29.6 Å². The minimum absolute atomic E-state index is 0.102. The molecule has 2 aromatic heterocycles. The maximum atomic E-state index is 14.8. The molecule has 1 aromatic carbocycles. The molecule has 2 aliphatic rings.